The largest absolute Gasteiger partial charge is 0.375 e. The van der Waals surface area contributed by atoms with Gasteiger partial charge in [-0.1, -0.05) is 0 Å². The van der Waals surface area contributed by atoms with Gasteiger partial charge in [-0.15, -0.1) is 11.3 Å². The minimum absolute atomic E-state index is 0.645. The number of nitrogens with one attached hydrogen (secondary N) is 1. The molecule has 1 aromatic heterocycles. The quantitative estimate of drug-likeness (QED) is 0.785. The second kappa shape index (κ2) is 5.32. The van der Waals surface area contributed by atoms with Crippen LogP contribution in [0.15, 0.2) is 0 Å². The number of hydrogen-bond acceptors (Lipinski definition) is 4. The lowest BCUT2D eigenvalue weighted by Crippen LogP contribution is -2.04. The molecule has 74 valence electrons. The predicted octanol–water partition coefficient (Wildman–Crippen LogP) is 1.71. The maximum Gasteiger partial charge on any atom is 0.119 e. The third kappa shape index (κ3) is 3.06. The van der Waals surface area contributed by atoms with E-state index in [-0.39, 0.29) is 0 Å². The lowest BCUT2D eigenvalue weighted by molar-refractivity contribution is 0.134. The van der Waals surface area contributed by atoms with Crippen LogP contribution in [-0.2, 0) is 17.9 Å². The Hall–Kier alpha value is -0.450. The van der Waals surface area contributed by atoms with E-state index in [1.165, 1.54) is 4.88 Å². The highest BCUT2D eigenvalue weighted by atomic mass is 32.1. The fourth-order valence-electron chi connectivity index (χ4n) is 1.06. The molecule has 1 rings (SSSR count). The number of aryl methyl sites for hydroxylation is 1. The van der Waals surface area contributed by atoms with E-state index in [0.717, 1.165) is 23.9 Å². The van der Waals surface area contributed by atoms with E-state index in [1.54, 1.807) is 11.3 Å². The monoisotopic (exact) mass is 200 g/mol. The molecule has 0 atom stereocenters. The fourth-order valence-corrected chi connectivity index (χ4v) is 2.08. The molecular formula is C9H16N2OS. The minimum Gasteiger partial charge on any atom is -0.375 e. The van der Waals surface area contributed by atoms with Crippen LogP contribution >= 0.6 is 11.3 Å². The third-order valence-electron chi connectivity index (χ3n) is 1.70. The van der Waals surface area contributed by atoms with Crippen molar-refractivity contribution >= 4 is 11.3 Å². The third-order valence-corrected chi connectivity index (χ3v) is 2.83. The zero-order chi connectivity index (χ0) is 9.68. The van der Waals surface area contributed by atoms with E-state index in [4.69, 9.17) is 4.74 Å². The zero-order valence-electron chi connectivity index (χ0n) is 8.39. The van der Waals surface area contributed by atoms with Crippen molar-refractivity contribution in [3.63, 3.8) is 0 Å². The molecule has 0 aromatic carbocycles. The molecule has 1 aromatic rings. The van der Waals surface area contributed by atoms with Crippen LogP contribution in [0.3, 0.4) is 0 Å². The summed E-state index contributed by atoms with van der Waals surface area (Å²) in [6.07, 6.45) is 0. The summed E-state index contributed by atoms with van der Waals surface area (Å²) in [5, 5.41) is 4.20. The average Bonchev–Trinajstić information content (AvgIpc) is 2.45. The van der Waals surface area contributed by atoms with Gasteiger partial charge in [0.1, 0.15) is 5.01 Å². The zero-order valence-corrected chi connectivity index (χ0v) is 9.20. The first kappa shape index (κ1) is 10.6. The average molecular weight is 200 g/mol. The molecule has 3 nitrogen and oxygen atoms in total. The van der Waals surface area contributed by atoms with Gasteiger partial charge in [0, 0.05) is 18.0 Å². The fraction of sp³-hybridized carbons (Fsp3) is 0.667. The van der Waals surface area contributed by atoms with Crippen molar-refractivity contribution in [2.24, 2.45) is 0 Å². The summed E-state index contributed by atoms with van der Waals surface area (Å²) >= 11 is 1.73. The van der Waals surface area contributed by atoms with Crippen LogP contribution in [0.5, 0.6) is 0 Å². The number of hydrogen-bond donors (Lipinski definition) is 1. The Morgan fingerprint density at radius 2 is 2.31 bits per heavy atom. The number of nitrogens with zero attached hydrogens (tertiary/aromatic N) is 1. The molecule has 0 aliphatic rings. The summed E-state index contributed by atoms with van der Waals surface area (Å²) in [4.78, 5) is 5.72. The summed E-state index contributed by atoms with van der Waals surface area (Å²) in [7, 11) is 1.95. The Morgan fingerprint density at radius 3 is 2.92 bits per heavy atom. The first-order valence-corrected chi connectivity index (χ1v) is 5.27. The normalized spacial score (nSPS) is 10.7. The Morgan fingerprint density at radius 1 is 1.54 bits per heavy atom. The van der Waals surface area contributed by atoms with E-state index in [2.05, 4.69) is 10.3 Å². The van der Waals surface area contributed by atoms with Crippen LogP contribution in [0, 0.1) is 6.92 Å². The molecule has 0 bridgehead atoms. The van der Waals surface area contributed by atoms with Gasteiger partial charge < -0.3 is 10.1 Å². The summed E-state index contributed by atoms with van der Waals surface area (Å²) < 4.78 is 5.29. The van der Waals surface area contributed by atoms with Crippen molar-refractivity contribution < 1.29 is 4.74 Å². The van der Waals surface area contributed by atoms with Crippen LogP contribution in [0.4, 0.5) is 0 Å². The summed E-state index contributed by atoms with van der Waals surface area (Å²) in [6.45, 7) is 6.33. The molecule has 0 fully saturated rings. The van der Waals surface area contributed by atoms with Gasteiger partial charge in [-0.2, -0.15) is 0 Å². The van der Waals surface area contributed by atoms with Crippen molar-refractivity contribution in [1.82, 2.24) is 10.3 Å². The van der Waals surface area contributed by atoms with E-state index < -0.39 is 0 Å². The molecule has 0 aliphatic heterocycles. The Kier molecular flexibility index (Phi) is 4.35. The maximum absolute atomic E-state index is 5.29. The maximum atomic E-state index is 5.29. The molecule has 0 amide bonds. The lowest BCUT2D eigenvalue weighted by Gasteiger charge is -1.94. The predicted molar refractivity (Wildman–Crippen MR) is 54.9 cm³/mol. The van der Waals surface area contributed by atoms with Gasteiger partial charge in [0.25, 0.3) is 0 Å². The van der Waals surface area contributed by atoms with Crippen molar-refractivity contribution in [3.8, 4) is 0 Å². The standard InChI is InChI=1S/C9H16N2OS/c1-4-12-6-9-11-7(2)8(13-9)5-10-3/h10H,4-6H2,1-3H3. The highest BCUT2D eigenvalue weighted by molar-refractivity contribution is 7.11. The van der Waals surface area contributed by atoms with E-state index >= 15 is 0 Å². The second-order valence-electron chi connectivity index (χ2n) is 2.78. The SMILES string of the molecule is CCOCc1nc(C)c(CNC)s1. The molecule has 0 unspecified atom stereocenters. The lowest BCUT2D eigenvalue weighted by atomic mass is 10.4. The smallest absolute Gasteiger partial charge is 0.119 e. The topological polar surface area (TPSA) is 34.1 Å². The van der Waals surface area contributed by atoms with Crippen LogP contribution in [0.2, 0.25) is 0 Å². The van der Waals surface area contributed by atoms with Gasteiger partial charge in [-0.05, 0) is 20.9 Å². The summed E-state index contributed by atoms with van der Waals surface area (Å²) in [6, 6.07) is 0. The van der Waals surface area contributed by atoms with Crippen molar-refractivity contribution in [2.45, 2.75) is 27.0 Å². The highest BCUT2D eigenvalue weighted by Gasteiger charge is 2.05. The molecule has 0 saturated heterocycles. The van der Waals surface area contributed by atoms with Crippen molar-refractivity contribution in [3.05, 3.63) is 15.6 Å². The molecule has 0 saturated carbocycles. The Bertz CT molecular complexity index is 260. The number of rotatable bonds is 5. The molecule has 0 aliphatic carbocycles. The van der Waals surface area contributed by atoms with Crippen LogP contribution in [0.1, 0.15) is 22.5 Å². The first-order chi connectivity index (χ1) is 6.27. The van der Waals surface area contributed by atoms with Crippen LogP contribution in [-0.4, -0.2) is 18.6 Å². The minimum atomic E-state index is 0.645. The summed E-state index contributed by atoms with van der Waals surface area (Å²) in [5.74, 6) is 0. The highest BCUT2D eigenvalue weighted by Crippen LogP contribution is 2.18. The van der Waals surface area contributed by atoms with Crippen molar-refractivity contribution in [1.29, 1.82) is 0 Å². The van der Waals surface area contributed by atoms with E-state index in [9.17, 15) is 0 Å². The van der Waals surface area contributed by atoms with Gasteiger partial charge in [-0.3, -0.25) is 0 Å². The molecule has 1 N–H and O–H groups in total. The molecule has 0 radical (unpaired) electrons. The Balaban J connectivity index is 2.59. The second-order valence-corrected chi connectivity index (χ2v) is 3.95. The van der Waals surface area contributed by atoms with E-state index in [1.807, 2.05) is 20.9 Å². The first-order valence-electron chi connectivity index (χ1n) is 4.45. The number of aromatic nitrogens is 1. The Labute approximate surface area is 83.1 Å². The van der Waals surface area contributed by atoms with Gasteiger partial charge in [0.2, 0.25) is 0 Å². The molecule has 13 heavy (non-hydrogen) atoms. The van der Waals surface area contributed by atoms with Crippen LogP contribution in [0.25, 0.3) is 0 Å². The number of ether oxygens (including phenoxy) is 1. The van der Waals surface area contributed by atoms with Gasteiger partial charge in [0.15, 0.2) is 0 Å². The van der Waals surface area contributed by atoms with Crippen molar-refractivity contribution in [2.75, 3.05) is 13.7 Å². The van der Waals surface area contributed by atoms with Crippen LogP contribution < -0.4 is 5.32 Å². The number of thiazole rings is 1. The molecule has 0 spiro atoms. The molecular weight excluding hydrogens is 184 g/mol. The summed E-state index contributed by atoms with van der Waals surface area (Å²) in [5.41, 5.74) is 1.12. The van der Waals surface area contributed by atoms with Gasteiger partial charge in [-0.25, -0.2) is 4.98 Å². The van der Waals surface area contributed by atoms with Gasteiger partial charge in [0.05, 0.1) is 12.3 Å². The molecule has 1 heterocycles. The van der Waals surface area contributed by atoms with E-state index in [0.29, 0.717) is 6.61 Å². The van der Waals surface area contributed by atoms with Gasteiger partial charge >= 0.3 is 0 Å². The molecule has 4 heteroatoms.